The van der Waals surface area contributed by atoms with Crippen molar-refractivity contribution in [2.75, 3.05) is 13.2 Å². The van der Waals surface area contributed by atoms with Crippen molar-refractivity contribution in [3.63, 3.8) is 0 Å². The van der Waals surface area contributed by atoms with Crippen molar-refractivity contribution in [2.45, 2.75) is 78.1 Å². The summed E-state index contributed by atoms with van der Waals surface area (Å²) in [5.41, 5.74) is -0.149. The Morgan fingerprint density at radius 2 is 0.846 bits per heavy atom. The van der Waals surface area contributed by atoms with Crippen LogP contribution in [-0.4, -0.2) is 60.1 Å². The number of esters is 2. The molecule has 9 heteroatoms. The van der Waals surface area contributed by atoms with E-state index in [1.54, 1.807) is 24.3 Å². The van der Waals surface area contributed by atoms with Crippen molar-refractivity contribution in [3.8, 4) is 0 Å². The third-order valence-corrected chi connectivity index (χ3v) is 5.70. The molecule has 0 spiro atoms. The molecular weight excluding hydrogens is 513 g/mol. The first-order valence-electron chi connectivity index (χ1n) is 13.3. The molecule has 39 heavy (non-hydrogen) atoms. The van der Waals surface area contributed by atoms with Crippen LogP contribution in [0.1, 0.15) is 119 Å². The summed E-state index contributed by atoms with van der Waals surface area (Å²) >= 11 is 0. The zero-order valence-electron chi connectivity index (χ0n) is 23.1. The van der Waals surface area contributed by atoms with Gasteiger partial charge in [0.2, 0.25) is 0 Å². The van der Waals surface area contributed by atoms with Gasteiger partial charge in [0.25, 0.3) is 0 Å². The van der Waals surface area contributed by atoms with Crippen LogP contribution < -0.4 is 10.2 Å². The van der Waals surface area contributed by atoms with Gasteiger partial charge in [0.05, 0.1) is 36.3 Å². The minimum absolute atomic E-state index is 0. The van der Waals surface area contributed by atoms with Crippen molar-refractivity contribution < 1.29 is 38.9 Å². The average Bonchev–Trinajstić information content (AvgIpc) is 2.92. The maximum atomic E-state index is 11.7. The molecule has 0 aromatic heterocycles. The van der Waals surface area contributed by atoms with E-state index in [-0.39, 0.29) is 45.3 Å². The summed E-state index contributed by atoms with van der Waals surface area (Å²) in [5, 5.41) is 21.7. The van der Waals surface area contributed by atoms with Gasteiger partial charge in [0, 0.05) is 11.1 Å². The standard InChI is InChI=1S/2C15H20O4.Mg/c2*1-2-3-4-5-8-11-19-15(18)13-10-7-6-9-12(13)14(16)17;/h2*6-7,9-10H,2-5,8,11H2,1H3,(H,16,17);/q;;+2/p-2. The fourth-order valence-corrected chi connectivity index (χ4v) is 3.57. The number of hydrogen-bond acceptors (Lipinski definition) is 8. The first kappa shape index (κ1) is 36.1. The van der Waals surface area contributed by atoms with Crippen LogP contribution in [0.3, 0.4) is 0 Å². The Morgan fingerprint density at radius 3 is 1.15 bits per heavy atom. The van der Waals surface area contributed by atoms with Crippen molar-refractivity contribution >= 4 is 46.9 Å². The van der Waals surface area contributed by atoms with E-state index in [0.29, 0.717) is 13.2 Å². The first-order valence-corrected chi connectivity index (χ1v) is 13.3. The topological polar surface area (TPSA) is 133 Å². The van der Waals surface area contributed by atoms with Gasteiger partial charge in [0.1, 0.15) is 0 Å². The molecule has 0 heterocycles. The van der Waals surface area contributed by atoms with Crippen LogP contribution in [0.25, 0.3) is 0 Å². The van der Waals surface area contributed by atoms with Crippen LogP contribution in [0.4, 0.5) is 0 Å². The minimum atomic E-state index is -1.37. The molecule has 0 unspecified atom stereocenters. The number of benzene rings is 2. The smallest absolute Gasteiger partial charge is 0.545 e. The molecule has 0 bridgehead atoms. The summed E-state index contributed by atoms with van der Waals surface area (Å²) in [7, 11) is 0. The first-order chi connectivity index (χ1) is 18.3. The molecule has 0 fully saturated rings. The van der Waals surface area contributed by atoms with Gasteiger partial charge in [-0.3, -0.25) is 0 Å². The zero-order valence-corrected chi connectivity index (χ0v) is 24.5. The van der Waals surface area contributed by atoms with E-state index in [0.717, 1.165) is 38.5 Å². The molecule has 0 aliphatic heterocycles. The summed E-state index contributed by atoms with van der Waals surface area (Å²) in [5.74, 6) is -3.93. The molecule has 0 atom stereocenters. The van der Waals surface area contributed by atoms with Crippen molar-refractivity contribution in [3.05, 3.63) is 70.8 Å². The maximum Gasteiger partial charge on any atom is 2.00 e. The van der Waals surface area contributed by atoms with Crippen LogP contribution in [0.15, 0.2) is 48.5 Å². The average molecular weight is 551 g/mol. The molecule has 208 valence electrons. The van der Waals surface area contributed by atoms with E-state index in [1.165, 1.54) is 49.9 Å². The van der Waals surface area contributed by atoms with E-state index >= 15 is 0 Å². The summed E-state index contributed by atoms with van der Waals surface area (Å²) in [4.78, 5) is 45.2. The molecule has 0 saturated heterocycles. The molecule has 2 rings (SSSR count). The molecule has 0 aliphatic rings. The quantitative estimate of drug-likeness (QED) is 0.174. The van der Waals surface area contributed by atoms with E-state index in [1.807, 2.05) is 0 Å². The maximum absolute atomic E-state index is 11.7. The summed E-state index contributed by atoms with van der Waals surface area (Å²) in [6.07, 6.45) is 10.6. The fourth-order valence-electron chi connectivity index (χ4n) is 3.57. The molecule has 2 aromatic rings. The van der Waals surface area contributed by atoms with E-state index in [9.17, 15) is 29.4 Å². The molecular formula is C30H38MgO8. The molecule has 0 aliphatic carbocycles. The second kappa shape index (κ2) is 22.0. The third kappa shape index (κ3) is 14.7. The van der Waals surface area contributed by atoms with Gasteiger partial charge >= 0.3 is 35.0 Å². The number of carboxylic acid groups (broad SMARTS) is 2. The summed E-state index contributed by atoms with van der Waals surface area (Å²) in [6.45, 7) is 4.92. The second-order valence-corrected chi connectivity index (χ2v) is 8.77. The zero-order chi connectivity index (χ0) is 28.2. The van der Waals surface area contributed by atoms with Crippen molar-refractivity contribution in [1.82, 2.24) is 0 Å². The van der Waals surface area contributed by atoms with Gasteiger partial charge in [-0.05, 0) is 25.0 Å². The largest absolute Gasteiger partial charge is 2.00 e. The fraction of sp³-hybridized carbons (Fsp3) is 0.467. The predicted molar refractivity (Wildman–Crippen MR) is 145 cm³/mol. The Balaban J connectivity index is 0.000000722. The van der Waals surface area contributed by atoms with Crippen LogP contribution in [0.2, 0.25) is 0 Å². The summed E-state index contributed by atoms with van der Waals surface area (Å²) < 4.78 is 10.1. The Bertz CT molecular complexity index is 940. The SMILES string of the molecule is CCCCCCCOC(=O)c1ccccc1C(=O)[O-].CCCCCCCOC(=O)c1ccccc1C(=O)[O-].[Mg+2]. The Hall–Kier alpha value is -2.91. The number of aromatic carboxylic acids is 2. The Labute approximate surface area is 247 Å². The van der Waals surface area contributed by atoms with Gasteiger partial charge in [-0.2, -0.15) is 0 Å². The van der Waals surface area contributed by atoms with Crippen LogP contribution in [-0.2, 0) is 9.47 Å². The Kier molecular flexibility index (Phi) is 20.3. The van der Waals surface area contributed by atoms with Crippen LogP contribution >= 0.6 is 0 Å². The normalized spacial score (nSPS) is 9.90. The van der Waals surface area contributed by atoms with Crippen LogP contribution in [0, 0.1) is 0 Å². The molecule has 8 nitrogen and oxygen atoms in total. The minimum Gasteiger partial charge on any atom is -0.545 e. The van der Waals surface area contributed by atoms with Crippen molar-refractivity contribution in [2.24, 2.45) is 0 Å². The molecule has 0 amide bonds. The van der Waals surface area contributed by atoms with Crippen LogP contribution in [0.5, 0.6) is 0 Å². The molecule has 0 radical (unpaired) electrons. The Morgan fingerprint density at radius 1 is 0.538 bits per heavy atom. The number of carboxylic acids is 2. The summed E-state index contributed by atoms with van der Waals surface area (Å²) in [6, 6.07) is 11.9. The van der Waals surface area contributed by atoms with Gasteiger partial charge in [0.15, 0.2) is 0 Å². The van der Waals surface area contributed by atoms with Crippen molar-refractivity contribution in [1.29, 1.82) is 0 Å². The van der Waals surface area contributed by atoms with Gasteiger partial charge < -0.3 is 29.3 Å². The van der Waals surface area contributed by atoms with Gasteiger partial charge in [-0.15, -0.1) is 0 Å². The predicted octanol–water partition coefficient (Wildman–Crippen LogP) is 3.97. The number of hydrogen-bond donors (Lipinski definition) is 0. The van der Waals surface area contributed by atoms with E-state index in [2.05, 4.69) is 13.8 Å². The number of rotatable bonds is 16. The van der Waals surface area contributed by atoms with E-state index in [4.69, 9.17) is 9.47 Å². The third-order valence-electron chi connectivity index (χ3n) is 5.70. The molecule has 0 N–H and O–H groups in total. The molecule has 0 saturated carbocycles. The molecule has 2 aromatic carbocycles. The van der Waals surface area contributed by atoms with E-state index < -0.39 is 23.9 Å². The second-order valence-electron chi connectivity index (χ2n) is 8.77. The van der Waals surface area contributed by atoms with Gasteiger partial charge in [-0.25, -0.2) is 9.59 Å². The number of carbonyl (C=O) groups is 4. The number of carbonyl (C=O) groups excluding carboxylic acids is 4. The van der Waals surface area contributed by atoms with Gasteiger partial charge in [-0.1, -0.05) is 102 Å². The number of ether oxygens (including phenoxy) is 2. The number of unbranched alkanes of at least 4 members (excludes halogenated alkanes) is 8. The monoisotopic (exact) mass is 550 g/mol.